The first-order chi connectivity index (χ1) is 9.78. The Hall–Kier alpha value is -1.24. The molecule has 0 spiro atoms. The van der Waals surface area contributed by atoms with E-state index in [-0.39, 0.29) is 17.6 Å². The largest absolute Gasteiger partial charge is 0.310 e. The molecule has 0 aliphatic heterocycles. The second kappa shape index (κ2) is 8.26. The van der Waals surface area contributed by atoms with Crippen molar-refractivity contribution in [2.75, 3.05) is 12.3 Å². The summed E-state index contributed by atoms with van der Waals surface area (Å²) in [7, 11) is -3.90. The van der Waals surface area contributed by atoms with E-state index in [1.165, 1.54) is 12.1 Å². The molecule has 0 fully saturated rings. The normalized spacial score (nSPS) is 14.0. The van der Waals surface area contributed by atoms with E-state index in [1.807, 2.05) is 12.2 Å². The average molecular weight is 315 g/mol. The van der Waals surface area contributed by atoms with Crippen molar-refractivity contribution in [3.8, 4) is 0 Å². The standard InChI is InChI=1S/C15H22FNO3S/c1-12(2)15(17-10-3-11-21(18,19)20)9-6-13-4-7-14(16)8-5-13/h4-9,12,15,17H,3,10-11H2,1-2H3,(H,18,19,20). The summed E-state index contributed by atoms with van der Waals surface area (Å²) < 4.78 is 42.7. The van der Waals surface area contributed by atoms with E-state index in [0.717, 1.165) is 5.56 Å². The van der Waals surface area contributed by atoms with Crippen molar-refractivity contribution in [2.45, 2.75) is 26.3 Å². The molecule has 1 aromatic carbocycles. The van der Waals surface area contributed by atoms with Gasteiger partial charge in [-0.15, -0.1) is 0 Å². The fourth-order valence-electron chi connectivity index (χ4n) is 1.84. The second-order valence-electron chi connectivity index (χ2n) is 5.27. The van der Waals surface area contributed by atoms with Gasteiger partial charge in [0.2, 0.25) is 0 Å². The first kappa shape index (κ1) is 17.8. The number of rotatable bonds is 8. The number of nitrogens with one attached hydrogen (secondary N) is 1. The van der Waals surface area contributed by atoms with Gasteiger partial charge in [0.1, 0.15) is 5.82 Å². The van der Waals surface area contributed by atoms with Crippen LogP contribution >= 0.6 is 0 Å². The van der Waals surface area contributed by atoms with E-state index in [9.17, 15) is 12.8 Å². The third kappa shape index (κ3) is 7.94. The Morgan fingerprint density at radius 2 is 1.90 bits per heavy atom. The number of halogens is 1. The number of benzene rings is 1. The van der Waals surface area contributed by atoms with Crippen LogP contribution in [0.3, 0.4) is 0 Å². The van der Waals surface area contributed by atoms with Crippen LogP contribution in [0, 0.1) is 11.7 Å². The third-order valence-corrected chi connectivity index (χ3v) is 3.85. The Balaban J connectivity index is 2.51. The lowest BCUT2D eigenvalue weighted by atomic mass is 10.0. The molecule has 2 N–H and O–H groups in total. The van der Waals surface area contributed by atoms with Crippen molar-refractivity contribution in [1.29, 1.82) is 0 Å². The topological polar surface area (TPSA) is 66.4 Å². The highest BCUT2D eigenvalue weighted by Crippen LogP contribution is 2.09. The van der Waals surface area contributed by atoms with Gasteiger partial charge in [-0.3, -0.25) is 4.55 Å². The molecule has 0 amide bonds. The van der Waals surface area contributed by atoms with Crippen molar-refractivity contribution in [3.05, 3.63) is 41.7 Å². The second-order valence-corrected chi connectivity index (χ2v) is 6.85. The zero-order chi connectivity index (χ0) is 15.9. The first-order valence-electron chi connectivity index (χ1n) is 6.90. The SMILES string of the molecule is CC(C)C(C=Cc1ccc(F)cc1)NCCCS(=O)(=O)O. The summed E-state index contributed by atoms with van der Waals surface area (Å²) in [4.78, 5) is 0. The molecule has 0 heterocycles. The Kier molecular flexibility index (Phi) is 7.01. The highest BCUT2D eigenvalue weighted by Gasteiger charge is 2.10. The van der Waals surface area contributed by atoms with Gasteiger partial charge in [-0.25, -0.2) is 4.39 Å². The lowest BCUT2D eigenvalue weighted by Crippen LogP contribution is -2.33. The molecule has 6 heteroatoms. The number of hydrogen-bond donors (Lipinski definition) is 2. The zero-order valence-electron chi connectivity index (χ0n) is 12.3. The summed E-state index contributed by atoms with van der Waals surface area (Å²) in [6, 6.07) is 6.28. The van der Waals surface area contributed by atoms with Gasteiger partial charge in [0.25, 0.3) is 10.1 Å². The Morgan fingerprint density at radius 3 is 2.43 bits per heavy atom. The minimum atomic E-state index is -3.90. The lowest BCUT2D eigenvalue weighted by Gasteiger charge is -2.18. The van der Waals surface area contributed by atoms with Crippen LogP contribution in [0.1, 0.15) is 25.8 Å². The first-order valence-corrected chi connectivity index (χ1v) is 8.51. The van der Waals surface area contributed by atoms with E-state index < -0.39 is 10.1 Å². The highest BCUT2D eigenvalue weighted by molar-refractivity contribution is 7.85. The maximum Gasteiger partial charge on any atom is 0.264 e. The van der Waals surface area contributed by atoms with Crippen LogP contribution in [0.25, 0.3) is 6.08 Å². The molecule has 0 saturated heterocycles. The summed E-state index contributed by atoms with van der Waals surface area (Å²) in [6.45, 7) is 4.60. The third-order valence-electron chi connectivity index (χ3n) is 3.04. The Labute approximate surface area is 125 Å². The summed E-state index contributed by atoms with van der Waals surface area (Å²) in [5, 5.41) is 3.24. The summed E-state index contributed by atoms with van der Waals surface area (Å²) in [5.74, 6) is -0.185. The minimum absolute atomic E-state index is 0.0800. The summed E-state index contributed by atoms with van der Waals surface area (Å²) in [5.41, 5.74) is 0.904. The lowest BCUT2D eigenvalue weighted by molar-refractivity contribution is 0.456. The van der Waals surface area contributed by atoms with Crippen LogP contribution in [0.2, 0.25) is 0 Å². The Bertz CT molecular complexity index is 553. The average Bonchev–Trinajstić information content (AvgIpc) is 2.38. The number of hydrogen-bond acceptors (Lipinski definition) is 3. The molecule has 118 valence electrons. The maximum absolute atomic E-state index is 12.8. The monoisotopic (exact) mass is 315 g/mol. The van der Waals surface area contributed by atoms with Gasteiger partial charge in [0.15, 0.2) is 0 Å². The molecule has 0 radical (unpaired) electrons. The maximum atomic E-state index is 12.8. The predicted molar refractivity (Wildman–Crippen MR) is 83.1 cm³/mol. The van der Waals surface area contributed by atoms with Crippen molar-refractivity contribution in [3.63, 3.8) is 0 Å². The van der Waals surface area contributed by atoms with Crippen LogP contribution in [0.15, 0.2) is 30.3 Å². The Morgan fingerprint density at radius 1 is 1.29 bits per heavy atom. The van der Waals surface area contributed by atoms with Gasteiger partial charge in [-0.2, -0.15) is 8.42 Å². The van der Waals surface area contributed by atoms with Crippen molar-refractivity contribution < 1.29 is 17.4 Å². The van der Waals surface area contributed by atoms with Crippen molar-refractivity contribution >= 4 is 16.2 Å². The van der Waals surface area contributed by atoms with Crippen LogP contribution in [0.4, 0.5) is 4.39 Å². The minimum Gasteiger partial charge on any atom is -0.310 e. The van der Waals surface area contributed by atoms with E-state index in [1.54, 1.807) is 12.1 Å². The van der Waals surface area contributed by atoms with Gasteiger partial charge in [0, 0.05) is 6.04 Å². The molecule has 0 bridgehead atoms. The van der Waals surface area contributed by atoms with Crippen molar-refractivity contribution in [1.82, 2.24) is 5.32 Å². The van der Waals surface area contributed by atoms with Crippen LogP contribution in [-0.4, -0.2) is 31.3 Å². The van der Waals surface area contributed by atoms with Gasteiger partial charge in [0.05, 0.1) is 5.75 Å². The summed E-state index contributed by atoms with van der Waals surface area (Å²) >= 11 is 0. The molecule has 0 saturated carbocycles. The molecular formula is C15H22FNO3S. The van der Waals surface area contributed by atoms with E-state index in [0.29, 0.717) is 18.9 Å². The predicted octanol–water partition coefficient (Wildman–Crippen LogP) is 2.73. The highest BCUT2D eigenvalue weighted by atomic mass is 32.2. The smallest absolute Gasteiger partial charge is 0.264 e. The quantitative estimate of drug-likeness (QED) is 0.572. The molecule has 0 aromatic heterocycles. The van der Waals surface area contributed by atoms with E-state index in [4.69, 9.17) is 4.55 Å². The fraction of sp³-hybridized carbons (Fsp3) is 0.467. The molecule has 1 unspecified atom stereocenters. The van der Waals surface area contributed by atoms with Gasteiger partial charge >= 0.3 is 0 Å². The molecular weight excluding hydrogens is 293 g/mol. The van der Waals surface area contributed by atoms with E-state index in [2.05, 4.69) is 19.2 Å². The van der Waals surface area contributed by atoms with Crippen LogP contribution in [0.5, 0.6) is 0 Å². The molecule has 1 aromatic rings. The molecule has 1 rings (SSSR count). The summed E-state index contributed by atoms with van der Waals surface area (Å²) in [6.07, 6.45) is 4.23. The molecule has 21 heavy (non-hydrogen) atoms. The molecule has 0 aliphatic carbocycles. The van der Waals surface area contributed by atoms with E-state index >= 15 is 0 Å². The fourth-order valence-corrected chi connectivity index (χ4v) is 2.35. The molecule has 1 atom stereocenters. The molecule has 0 aliphatic rings. The molecule has 4 nitrogen and oxygen atoms in total. The van der Waals surface area contributed by atoms with Gasteiger partial charge in [-0.1, -0.05) is 38.1 Å². The zero-order valence-corrected chi connectivity index (χ0v) is 13.1. The van der Waals surface area contributed by atoms with Gasteiger partial charge < -0.3 is 5.32 Å². The van der Waals surface area contributed by atoms with Gasteiger partial charge in [-0.05, 0) is 36.6 Å². The van der Waals surface area contributed by atoms with Crippen LogP contribution < -0.4 is 5.32 Å². The van der Waals surface area contributed by atoms with Crippen molar-refractivity contribution in [2.24, 2.45) is 5.92 Å². The van der Waals surface area contributed by atoms with Crippen LogP contribution in [-0.2, 0) is 10.1 Å².